The van der Waals surface area contributed by atoms with Crippen LogP contribution >= 0.6 is 0 Å². The Hall–Kier alpha value is -0.0800. The van der Waals surface area contributed by atoms with Crippen molar-refractivity contribution in [2.45, 2.75) is 45.1 Å². The van der Waals surface area contributed by atoms with Crippen molar-refractivity contribution in [3.05, 3.63) is 0 Å². The standard InChI is InChI=1S/C9H18O2/c1-8(2)4-3-5-9(11,6-8)7-10/h10-11H,3-7H2,1-2H3/t9-/m0/s1. The van der Waals surface area contributed by atoms with Gasteiger partial charge < -0.3 is 10.2 Å². The summed E-state index contributed by atoms with van der Waals surface area (Å²) < 4.78 is 0. The zero-order valence-electron chi connectivity index (χ0n) is 7.43. The minimum Gasteiger partial charge on any atom is -0.393 e. The Bertz CT molecular complexity index is 142. The zero-order valence-corrected chi connectivity index (χ0v) is 7.43. The van der Waals surface area contributed by atoms with Gasteiger partial charge in [-0.15, -0.1) is 0 Å². The normalized spacial score (nSPS) is 37.1. The largest absolute Gasteiger partial charge is 0.393 e. The van der Waals surface area contributed by atoms with Crippen LogP contribution in [0.25, 0.3) is 0 Å². The Morgan fingerprint density at radius 1 is 1.27 bits per heavy atom. The minimum absolute atomic E-state index is 0.0869. The fraction of sp³-hybridized carbons (Fsp3) is 1.00. The second kappa shape index (κ2) is 2.76. The summed E-state index contributed by atoms with van der Waals surface area (Å²) in [6.07, 6.45) is 3.68. The van der Waals surface area contributed by atoms with Gasteiger partial charge in [0.15, 0.2) is 0 Å². The molecule has 0 bridgehead atoms. The fourth-order valence-corrected chi connectivity index (χ4v) is 2.10. The molecule has 0 aliphatic heterocycles. The summed E-state index contributed by atoms with van der Waals surface area (Å²) in [7, 11) is 0. The number of aliphatic hydroxyl groups is 2. The van der Waals surface area contributed by atoms with E-state index in [2.05, 4.69) is 13.8 Å². The van der Waals surface area contributed by atoms with Crippen molar-refractivity contribution in [3.63, 3.8) is 0 Å². The first-order valence-electron chi connectivity index (χ1n) is 4.31. The Morgan fingerprint density at radius 3 is 2.27 bits per heavy atom. The fourth-order valence-electron chi connectivity index (χ4n) is 2.10. The first-order valence-corrected chi connectivity index (χ1v) is 4.31. The number of aliphatic hydroxyl groups excluding tert-OH is 1. The summed E-state index contributed by atoms with van der Waals surface area (Å²) >= 11 is 0. The number of rotatable bonds is 1. The van der Waals surface area contributed by atoms with Gasteiger partial charge in [0, 0.05) is 0 Å². The van der Waals surface area contributed by atoms with Crippen LogP contribution in [-0.4, -0.2) is 22.4 Å². The van der Waals surface area contributed by atoms with Crippen LogP contribution in [-0.2, 0) is 0 Å². The molecule has 0 aromatic rings. The molecule has 0 radical (unpaired) electrons. The van der Waals surface area contributed by atoms with Gasteiger partial charge in [-0.3, -0.25) is 0 Å². The lowest BCUT2D eigenvalue weighted by Gasteiger charge is -2.40. The molecule has 0 saturated heterocycles. The molecule has 1 atom stereocenters. The van der Waals surface area contributed by atoms with Gasteiger partial charge >= 0.3 is 0 Å². The summed E-state index contributed by atoms with van der Waals surface area (Å²) in [5, 5.41) is 18.7. The second-order valence-electron chi connectivity index (χ2n) is 4.58. The van der Waals surface area contributed by atoms with Gasteiger partial charge in [0.1, 0.15) is 0 Å². The molecule has 2 nitrogen and oxygen atoms in total. The maximum absolute atomic E-state index is 9.77. The molecular weight excluding hydrogens is 140 g/mol. The molecule has 1 aliphatic carbocycles. The van der Waals surface area contributed by atoms with Crippen molar-refractivity contribution >= 4 is 0 Å². The monoisotopic (exact) mass is 158 g/mol. The third-order valence-electron chi connectivity index (χ3n) is 2.60. The van der Waals surface area contributed by atoms with Crippen molar-refractivity contribution in [2.75, 3.05) is 6.61 Å². The first kappa shape index (κ1) is 9.01. The summed E-state index contributed by atoms with van der Waals surface area (Å²) in [4.78, 5) is 0. The van der Waals surface area contributed by atoms with Crippen molar-refractivity contribution < 1.29 is 10.2 Å². The van der Waals surface area contributed by atoms with Gasteiger partial charge in [0.05, 0.1) is 12.2 Å². The van der Waals surface area contributed by atoms with Crippen LogP contribution in [0.2, 0.25) is 0 Å². The van der Waals surface area contributed by atoms with Crippen LogP contribution in [0.15, 0.2) is 0 Å². The summed E-state index contributed by atoms with van der Waals surface area (Å²) in [6.45, 7) is 4.20. The molecule has 1 aliphatic rings. The lowest BCUT2D eigenvalue weighted by Crippen LogP contribution is -2.41. The SMILES string of the molecule is CC1(C)CCC[C@@](O)(CO)C1. The third kappa shape index (κ3) is 2.17. The van der Waals surface area contributed by atoms with Gasteiger partial charge in [-0.2, -0.15) is 0 Å². The Morgan fingerprint density at radius 2 is 1.91 bits per heavy atom. The van der Waals surface area contributed by atoms with Crippen LogP contribution in [0, 0.1) is 5.41 Å². The van der Waals surface area contributed by atoms with Crippen molar-refractivity contribution in [2.24, 2.45) is 5.41 Å². The van der Waals surface area contributed by atoms with Gasteiger partial charge in [0.2, 0.25) is 0 Å². The van der Waals surface area contributed by atoms with E-state index in [-0.39, 0.29) is 12.0 Å². The minimum atomic E-state index is -0.790. The van der Waals surface area contributed by atoms with Crippen LogP contribution in [0.5, 0.6) is 0 Å². The molecule has 0 aromatic heterocycles. The predicted octanol–water partition coefficient (Wildman–Crippen LogP) is 1.31. The van der Waals surface area contributed by atoms with E-state index in [1.807, 2.05) is 0 Å². The molecule has 2 N–H and O–H groups in total. The smallest absolute Gasteiger partial charge is 0.0882 e. The predicted molar refractivity (Wildman–Crippen MR) is 44.3 cm³/mol. The molecule has 1 fully saturated rings. The molecule has 2 heteroatoms. The van der Waals surface area contributed by atoms with Gasteiger partial charge in [-0.25, -0.2) is 0 Å². The molecule has 0 amide bonds. The van der Waals surface area contributed by atoms with Gasteiger partial charge in [-0.1, -0.05) is 13.8 Å². The Balaban J connectivity index is 2.59. The van der Waals surface area contributed by atoms with Crippen molar-refractivity contribution in [3.8, 4) is 0 Å². The lowest BCUT2D eigenvalue weighted by molar-refractivity contribution is -0.0746. The van der Waals surface area contributed by atoms with E-state index in [4.69, 9.17) is 5.11 Å². The van der Waals surface area contributed by atoms with E-state index in [9.17, 15) is 5.11 Å². The van der Waals surface area contributed by atoms with E-state index >= 15 is 0 Å². The topological polar surface area (TPSA) is 40.5 Å². The van der Waals surface area contributed by atoms with Crippen LogP contribution in [0.4, 0.5) is 0 Å². The molecule has 66 valence electrons. The average Bonchev–Trinajstić information content (AvgIpc) is 1.85. The van der Waals surface area contributed by atoms with Crippen molar-refractivity contribution in [1.82, 2.24) is 0 Å². The van der Waals surface area contributed by atoms with Crippen LogP contribution in [0.3, 0.4) is 0 Å². The highest BCUT2D eigenvalue weighted by molar-refractivity contribution is 4.89. The quantitative estimate of drug-likeness (QED) is 0.604. The Kier molecular flexibility index (Phi) is 2.26. The van der Waals surface area contributed by atoms with E-state index in [0.717, 1.165) is 25.7 Å². The van der Waals surface area contributed by atoms with Crippen molar-refractivity contribution in [1.29, 1.82) is 0 Å². The molecule has 11 heavy (non-hydrogen) atoms. The summed E-state index contributed by atoms with van der Waals surface area (Å²) in [6, 6.07) is 0. The van der Waals surface area contributed by atoms with E-state index in [1.165, 1.54) is 0 Å². The molecule has 1 rings (SSSR count). The van der Waals surface area contributed by atoms with E-state index in [0.29, 0.717) is 0 Å². The number of hydrogen-bond acceptors (Lipinski definition) is 2. The summed E-state index contributed by atoms with van der Waals surface area (Å²) in [5.41, 5.74) is -0.586. The van der Waals surface area contributed by atoms with E-state index in [1.54, 1.807) is 0 Å². The number of hydrogen-bond donors (Lipinski definition) is 2. The van der Waals surface area contributed by atoms with Crippen LogP contribution < -0.4 is 0 Å². The summed E-state index contributed by atoms with van der Waals surface area (Å²) in [5.74, 6) is 0. The Labute approximate surface area is 68.2 Å². The third-order valence-corrected chi connectivity index (χ3v) is 2.60. The second-order valence-corrected chi connectivity index (χ2v) is 4.58. The zero-order chi connectivity index (χ0) is 8.54. The maximum atomic E-state index is 9.77. The molecule has 1 saturated carbocycles. The highest BCUT2D eigenvalue weighted by atomic mass is 16.3. The maximum Gasteiger partial charge on any atom is 0.0882 e. The van der Waals surface area contributed by atoms with E-state index < -0.39 is 5.60 Å². The highest BCUT2D eigenvalue weighted by Crippen LogP contribution is 2.40. The molecule has 0 spiro atoms. The molecular formula is C9H18O2. The van der Waals surface area contributed by atoms with Gasteiger partial charge in [-0.05, 0) is 31.1 Å². The average molecular weight is 158 g/mol. The molecule has 0 unspecified atom stereocenters. The molecule has 0 heterocycles. The lowest BCUT2D eigenvalue weighted by atomic mass is 9.70. The molecule has 0 aromatic carbocycles. The van der Waals surface area contributed by atoms with Gasteiger partial charge in [0.25, 0.3) is 0 Å². The highest BCUT2D eigenvalue weighted by Gasteiger charge is 2.37. The first-order chi connectivity index (χ1) is 4.97. The van der Waals surface area contributed by atoms with Crippen LogP contribution in [0.1, 0.15) is 39.5 Å².